The van der Waals surface area contributed by atoms with E-state index in [1.165, 1.54) is 19.3 Å². The Morgan fingerprint density at radius 3 is 2.77 bits per heavy atom. The van der Waals surface area contributed by atoms with Crippen molar-refractivity contribution in [1.82, 2.24) is 19.5 Å². The summed E-state index contributed by atoms with van der Waals surface area (Å²) < 4.78 is 1.73. The minimum atomic E-state index is -0.0692. The summed E-state index contributed by atoms with van der Waals surface area (Å²) in [7, 11) is 0. The number of anilines is 1. The van der Waals surface area contributed by atoms with Gasteiger partial charge in [-0.15, -0.1) is 0 Å². The van der Waals surface area contributed by atoms with Crippen molar-refractivity contribution in [1.29, 1.82) is 0 Å². The van der Waals surface area contributed by atoms with Gasteiger partial charge in [0.15, 0.2) is 0 Å². The standard InChI is InChI=1S/C16H19N5O/c1-2-21-14-9-12-11(8-13(14)19-16(21)22)15(18-10-17-12)20-6-4-3-5-7-20/h8-10H,2-7H2,1H3,(H,19,22). The first-order valence-electron chi connectivity index (χ1n) is 7.90. The van der Waals surface area contributed by atoms with E-state index in [-0.39, 0.29) is 5.69 Å². The molecule has 22 heavy (non-hydrogen) atoms. The SMILES string of the molecule is CCn1c(=O)[nH]c2cc3c(N4CCCCC4)ncnc3cc21. The molecular weight excluding hydrogens is 278 g/mol. The molecule has 0 unspecified atom stereocenters. The van der Waals surface area contributed by atoms with E-state index < -0.39 is 0 Å². The molecule has 4 rings (SSSR count). The fourth-order valence-electron chi connectivity index (χ4n) is 3.37. The number of aromatic nitrogens is 4. The van der Waals surface area contributed by atoms with Gasteiger partial charge in [-0.05, 0) is 38.3 Å². The maximum absolute atomic E-state index is 12.0. The Bertz CT molecular complexity index is 889. The van der Waals surface area contributed by atoms with Crippen LogP contribution >= 0.6 is 0 Å². The number of fused-ring (bicyclic) bond motifs is 2. The van der Waals surface area contributed by atoms with E-state index in [1.807, 2.05) is 19.1 Å². The number of aryl methyl sites for hydroxylation is 1. The van der Waals surface area contributed by atoms with Gasteiger partial charge in [-0.1, -0.05) is 0 Å². The van der Waals surface area contributed by atoms with Crippen LogP contribution in [0.5, 0.6) is 0 Å². The van der Waals surface area contributed by atoms with E-state index in [0.717, 1.165) is 40.8 Å². The summed E-state index contributed by atoms with van der Waals surface area (Å²) in [4.78, 5) is 26.2. The highest BCUT2D eigenvalue weighted by atomic mass is 16.1. The Labute approximate surface area is 127 Å². The van der Waals surface area contributed by atoms with E-state index in [4.69, 9.17) is 0 Å². The number of hydrogen-bond donors (Lipinski definition) is 1. The molecule has 2 aromatic heterocycles. The van der Waals surface area contributed by atoms with Crippen LogP contribution in [0.4, 0.5) is 5.82 Å². The smallest absolute Gasteiger partial charge is 0.326 e. The zero-order valence-corrected chi connectivity index (χ0v) is 12.7. The van der Waals surface area contributed by atoms with Crippen LogP contribution in [0.25, 0.3) is 21.9 Å². The molecule has 6 heteroatoms. The first kappa shape index (κ1) is 13.3. The highest BCUT2D eigenvalue weighted by molar-refractivity contribution is 5.98. The molecule has 0 amide bonds. The third-order valence-electron chi connectivity index (χ3n) is 4.48. The number of hydrogen-bond acceptors (Lipinski definition) is 4. The molecule has 0 bridgehead atoms. The van der Waals surface area contributed by atoms with Gasteiger partial charge in [0.2, 0.25) is 0 Å². The van der Waals surface area contributed by atoms with Crippen LogP contribution in [0.15, 0.2) is 23.3 Å². The topological polar surface area (TPSA) is 66.8 Å². The van der Waals surface area contributed by atoms with Gasteiger partial charge in [0, 0.05) is 25.0 Å². The molecule has 1 aliphatic heterocycles. The van der Waals surface area contributed by atoms with Gasteiger partial charge >= 0.3 is 5.69 Å². The molecule has 0 spiro atoms. The third-order valence-corrected chi connectivity index (χ3v) is 4.48. The lowest BCUT2D eigenvalue weighted by Gasteiger charge is -2.28. The molecule has 6 nitrogen and oxygen atoms in total. The monoisotopic (exact) mass is 297 g/mol. The number of nitrogens with one attached hydrogen (secondary N) is 1. The lowest BCUT2D eigenvalue weighted by molar-refractivity contribution is 0.574. The van der Waals surface area contributed by atoms with E-state index in [2.05, 4.69) is 19.9 Å². The van der Waals surface area contributed by atoms with Crippen molar-refractivity contribution in [3.63, 3.8) is 0 Å². The predicted molar refractivity (Wildman–Crippen MR) is 87.4 cm³/mol. The van der Waals surface area contributed by atoms with E-state index in [9.17, 15) is 4.79 Å². The van der Waals surface area contributed by atoms with Gasteiger partial charge in [0.25, 0.3) is 0 Å². The predicted octanol–water partition coefficient (Wildman–Crippen LogP) is 2.28. The number of imidazole rings is 1. The van der Waals surface area contributed by atoms with Crippen molar-refractivity contribution in [3.8, 4) is 0 Å². The van der Waals surface area contributed by atoms with E-state index in [1.54, 1.807) is 10.9 Å². The summed E-state index contributed by atoms with van der Waals surface area (Å²) in [6, 6.07) is 4.00. The van der Waals surface area contributed by atoms with Crippen molar-refractivity contribution < 1.29 is 0 Å². The molecular formula is C16H19N5O. The van der Waals surface area contributed by atoms with Crippen molar-refractivity contribution in [2.45, 2.75) is 32.7 Å². The number of H-pyrrole nitrogens is 1. The lowest BCUT2D eigenvalue weighted by atomic mass is 10.1. The Kier molecular flexibility index (Phi) is 3.10. The molecule has 0 saturated carbocycles. The zero-order chi connectivity index (χ0) is 15.1. The molecule has 1 aliphatic rings. The maximum Gasteiger partial charge on any atom is 0.326 e. The first-order valence-corrected chi connectivity index (χ1v) is 7.90. The van der Waals surface area contributed by atoms with Crippen LogP contribution < -0.4 is 10.6 Å². The summed E-state index contributed by atoms with van der Waals surface area (Å²) >= 11 is 0. The number of aromatic amines is 1. The fraction of sp³-hybridized carbons (Fsp3) is 0.438. The Morgan fingerprint density at radius 1 is 1.18 bits per heavy atom. The van der Waals surface area contributed by atoms with Crippen molar-refractivity contribution in [2.75, 3.05) is 18.0 Å². The minimum Gasteiger partial charge on any atom is -0.356 e. The normalized spacial score (nSPS) is 15.8. The van der Waals surface area contributed by atoms with Crippen molar-refractivity contribution in [3.05, 3.63) is 28.9 Å². The van der Waals surface area contributed by atoms with Crippen LogP contribution in [0.1, 0.15) is 26.2 Å². The molecule has 114 valence electrons. The molecule has 1 saturated heterocycles. The van der Waals surface area contributed by atoms with Gasteiger partial charge in [-0.2, -0.15) is 0 Å². The fourth-order valence-corrected chi connectivity index (χ4v) is 3.37. The summed E-state index contributed by atoms with van der Waals surface area (Å²) in [6.07, 6.45) is 5.32. The van der Waals surface area contributed by atoms with Gasteiger partial charge in [0.1, 0.15) is 12.1 Å². The van der Waals surface area contributed by atoms with Crippen LogP contribution in [-0.4, -0.2) is 32.6 Å². The minimum absolute atomic E-state index is 0.0692. The second-order valence-electron chi connectivity index (χ2n) is 5.81. The third kappa shape index (κ3) is 1.98. The van der Waals surface area contributed by atoms with Crippen LogP contribution in [-0.2, 0) is 6.54 Å². The first-order chi connectivity index (χ1) is 10.8. The van der Waals surface area contributed by atoms with Crippen LogP contribution in [0.3, 0.4) is 0 Å². The van der Waals surface area contributed by atoms with Gasteiger partial charge < -0.3 is 9.88 Å². The Balaban J connectivity index is 1.96. The molecule has 0 atom stereocenters. The van der Waals surface area contributed by atoms with Crippen LogP contribution in [0, 0.1) is 0 Å². The average Bonchev–Trinajstić information content (AvgIpc) is 2.87. The Hall–Kier alpha value is -2.37. The van der Waals surface area contributed by atoms with Gasteiger partial charge in [0.05, 0.1) is 16.6 Å². The largest absolute Gasteiger partial charge is 0.356 e. The number of nitrogens with zero attached hydrogens (tertiary/aromatic N) is 4. The lowest BCUT2D eigenvalue weighted by Crippen LogP contribution is -2.30. The number of piperidine rings is 1. The van der Waals surface area contributed by atoms with Crippen molar-refractivity contribution >= 4 is 27.8 Å². The number of rotatable bonds is 2. The highest BCUT2D eigenvalue weighted by Gasteiger charge is 2.17. The summed E-state index contributed by atoms with van der Waals surface area (Å²) in [6.45, 7) is 4.69. The molecule has 3 heterocycles. The average molecular weight is 297 g/mol. The molecule has 1 N–H and O–H groups in total. The Morgan fingerprint density at radius 2 is 2.00 bits per heavy atom. The van der Waals surface area contributed by atoms with Gasteiger partial charge in [-0.3, -0.25) is 4.57 Å². The molecule has 1 aromatic carbocycles. The number of benzene rings is 1. The highest BCUT2D eigenvalue weighted by Crippen LogP contribution is 2.28. The zero-order valence-electron chi connectivity index (χ0n) is 12.7. The van der Waals surface area contributed by atoms with Gasteiger partial charge in [-0.25, -0.2) is 14.8 Å². The maximum atomic E-state index is 12.0. The molecule has 1 fully saturated rings. The quantitative estimate of drug-likeness (QED) is 0.788. The van der Waals surface area contributed by atoms with Crippen LogP contribution in [0.2, 0.25) is 0 Å². The second-order valence-corrected chi connectivity index (χ2v) is 5.81. The molecule has 0 aliphatic carbocycles. The van der Waals surface area contributed by atoms with Crippen molar-refractivity contribution in [2.24, 2.45) is 0 Å². The summed E-state index contributed by atoms with van der Waals surface area (Å²) in [5, 5.41) is 1.02. The second kappa shape index (κ2) is 5.12. The molecule has 3 aromatic rings. The molecule has 0 radical (unpaired) electrons. The summed E-state index contributed by atoms with van der Waals surface area (Å²) in [5.74, 6) is 0.983. The van der Waals surface area contributed by atoms with E-state index in [0.29, 0.717) is 6.54 Å². The summed E-state index contributed by atoms with van der Waals surface area (Å²) in [5.41, 5.74) is 2.58. The van der Waals surface area contributed by atoms with E-state index >= 15 is 0 Å².